The number of rotatable bonds is 2. The number of carbonyl (C=O) groups excluding carboxylic acids is 1. The Bertz CT molecular complexity index is 370. The van der Waals surface area contributed by atoms with Crippen molar-refractivity contribution in [2.45, 2.75) is 25.8 Å². The van der Waals surface area contributed by atoms with Gasteiger partial charge in [-0.3, -0.25) is 4.79 Å². The highest BCUT2D eigenvalue weighted by Gasteiger charge is 2.16. The molecule has 3 heteroatoms. The average molecular weight is 219 g/mol. The van der Waals surface area contributed by atoms with Gasteiger partial charge in [0.05, 0.1) is 0 Å². The van der Waals surface area contributed by atoms with Gasteiger partial charge >= 0.3 is 0 Å². The zero-order valence-corrected chi connectivity index (χ0v) is 9.53. The summed E-state index contributed by atoms with van der Waals surface area (Å²) in [4.78, 5) is 11.9. The van der Waals surface area contributed by atoms with Crippen molar-refractivity contribution < 1.29 is 9.53 Å². The van der Waals surface area contributed by atoms with Crippen molar-refractivity contribution in [1.29, 1.82) is 0 Å². The van der Waals surface area contributed by atoms with Crippen LogP contribution in [0.4, 0.5) is 0 Å². The molecule has 0 radical (unpaired) electrons. The summed E-state index contributed by atoms with van der Waals surface area (Å²) in [6.45, 7) is 3.49. The molecule has 0 aromatic heterocycles. The van der Waals surface area contributed by atoms with Gasteiger partial charge in [0, 0.05) is 24.8 Å². The first-order valence-electron chi connectivity index (χ1n) is 5.71. The fraction of sp³-hybridized carbons (Fsp3) is 0.462. The van der Waals surface area contributed by atoms with E-state index in [1.165, 1.54) is 0 Å². The Hall–Kier alpha value is -1.35. The van der Waals surface area contributed by atoms with Crippen molar-refractivity contribution in [3.63, 3.8) is 0 Å². The van der Waals surface area contributed by atoms with Crippen LogP contribution in [0.2, 0.25) is 0 Å². The van der Waals surface area contributed by atoms with Gasteiger partial charge in [0.1, 0.15) is 0 Å². The third kappa shape index (κ3) is 2.83. The van der Waals surface area contributed by atoms with E-state index in [2.05, 4.69) is 5.32 Å². The van der Waals surface area contributed by atoms with E-state index in [0.29, 0.717) is 0 Å². The number of hydrogen-bond acceptors (Lipinski definition) is 2. The van der Waals surface area contributed by atoms with Gasteiger partial charge in [-0.2, -0.15) is 0 Å². The molecule has 1 saturated heterocycles. The molecular formula is C13H17NO2. The van der Waals surface area contributed by atoms with Crippen LogP contribution in [0, 0.1) is 6.92 Å². The lowest BCUT2D eigenvalue weighted by molar-refractivity contribution is 0.0696. The zero-order chi connectivity index (χ0) is 11.4. The second kappa shape index (κ2) is 5.12. The van der Waals surface area contributed by atoms with Gasteiger partial charge in [-0.15, -0.1) is 0 Å². The second-order valence-electron chi connectivity index (χ2n) is 4.23. The minimum Gasteiger partial charge on any atom is -0.381 e. The standard InChI is InChI=1S/C13H17NO2/c1-10-3-2-4-11(9-10)13(15)14-12-5-7-16-8-6-12/h2-4,9,12H,5-8H2,1H3,(H,14,15). The maximum Gasteiger partial charge on any atom is 0.251 e. The van der Waals surface area contributed by atoms with Crippen LogP contribution in [0.25, 0.3) is 0 Å². The average Bonchev–Trinajstić information content (AvgIpc) is 2.30. The van der Waals surface area contributed by atoms with E-state index >= 15 is 0 Å². The Morgan fingerprint density at radius 3 is 2.81 bits per heavy atom. The largest absolute Gasteiger partial charge is 0.381 e. The summed E-state index contributed by atoms with van der Waals surface area (Å²) in [6.07, 6.45) is 1.83. The second-order valence-corrected chi connectivity index (χ2v) is 4.23. The van der Waals surface area contributed by atoms with Crippen LogP contribution < -0.4 is 5.32 Å². The predicted octanol–water partition coefficient (Wildman–Crippen LogP) is 1.90. The molecule has 1 aromatic carbocycles. The molecule has 1 aromatic rings. The van der Waals surface area contributed by atoms with Crippen LogP contribution in [-0.2, 0) is 4.74 Å². The molecule has 1 heterocycles. The summed E-state index contributed by atoms with van der Waals surface area (Å²) >= 11 is 0. The number of benzene rings is 1. The van der Waals surface area contributed by atoms with Crippen LogP contribution in [-0.4, -0.2) is 25.2 Å². The first kappa shape index (κ1) is 11.1. The molecule has 0 aliphatic carbocycles. The quantitative estimate of drug-likeness (QED) is 0.825. The Morgan fingerprint density at radius 2 is 2.12 bits per heavy atom. The zero-order valence-electron chi connectivity index (χ0n) is 9.53. The van der Waals surface area contributed by atoms with Crippen LogP contribution in [0.1, 0.15) is 28.8 Å². The van der Waals surface area contributed by atoms with Gasteiger partial charge in [0.25, 0.3) is 5.91 Å². The first-order valence-corrected chi connectivity index (χ1v) is 5.71. The molecular weight excluding hydrogens is 202 g/mol. The first-order chi connectivity index (χ1) is 7.75. The Kier molecular flexibility index (Phi) is 3.57. The van der Waals surface area contributed by atoms with E-state index in [1.807, 2.05) is 31.2 Å². The molecule has 1 amide bonds. The van der Waals surface area contributed by atoms with Crippen molar-refractivity contribution in [1.82, 2.24) is 5.32 Å². The number of carbonyl (C=O) groups is 1. The number of ether oxygens (including phenoxy) is 1. The molecule has 0 spiro atoms. The van der Waals surface area contributed by atoms with Gasteiger partial charge in [-0.05, 0) is 31.9 Å². The van der Waals surface area contributed by atoms with Crippen molar-refractivity contribution in [3.05, 3.63) is 35.4 Å². The lowest BCUT2D eigenvalue weighted by Gasteiger charge is -2.23. The smallest absolute Gasteiger partial charge is 0.251 e. The Balaban J connectivity index is 1.97. The molecule has 1 N–H and O–H groups in total. The molecule has 0 saturated carbocycles. The predicted molar refractivity (Wildman–Crippen MR) is 62.5 cm³/mol. The van der Waals surface area contributed by atoms with Gasteiger partial charge < -0.3 is 10.1 Å². The summed E-state index contributed by atoms with van der Waals surface area (Å²) in [7, 11) is 0. The maximum atomic E-state index is 11.9. The summed E-state index contributed by atoms with van der Waals surface area (Å²) in [5, 5.41) is 3.04. The van der Waals surface area contributed by atoms with Crippen LogP contribution in [0.5, 0.6) is 0 Å². The molecule has 1 fully saturated rings. The fourth-order valence-corrected chi connectivity index (χ4v) is 1.90. The highest BCUT2D eigenvalue weighted by molar-refractivity contribution is 5.94. The Labute approximate surface area is 95.8 Å². The highest BCUT2D eigenvalue weighted by atomic mass is 16.5. The Morgan fingerprint density at radius 1 is 1.38 bits per heavy atom. The minimum absolute atomic E-state index is 0.0237. The lowest BCUT2D eigenvalue weighted by Crippen LogP contribution is -2.38. The van der Waals surface area contributed by atoms with E-state index in [4.69, 9.17) is 4.74 Å². The topological polar surface area (TPSA) is 38.3 Å². The monoisotopic (exact) mass is 219 g/mol. The SMILES string of the molecule is Cc1cccc(C(=O)NC2CCOCC2)c1. The number of aryl methyl sites for hydroxylation is 1. The van der Waals surface area contributed by atoms with Crippen LogP contribution >= 0.6 is 0 Å². The number of nitrogens with one attached hydrogen (secondary N) is 1. The van der Waals surface area contributed by atoms with Gasteiger partial charge in [0.2, 0.25) is 0 Å². The molecule has 1 aliphatic rings. The summed E-state index contributed by atoms with van der Waals surface area (Å²) in [5.41, 5.74) is 1.85. The molecule has 0 unspecified atom stereocenters. The van der Waals surface area contributed by atoms with Gasteiger partial charge in [-0.1, -0.05) is 17.7 Å². The van der Waals surface area contributed by atoms with Gasteiger partial charge in [0.15, 0.2) is 0 Å². The van der Waals surface area contributed by atoms with Crippen LogP contribution in [0.3, 0.4) is 0 Å². The summed E-state index contributed by atoms with van der Waals surface area (Å²) in [5.74, 6) is 0.0237. The van der Waals surface area contributed by atoms with E-state index in [1.54, 1.807) is 0 Å². The van der Waals surface area contributed by atoms with Crippen molar-refractivity contribution in [2.75, 3.05) is 13.2 Å². The number of amides is 1. The third-order valence-electron chi connectivity index (χ3n) is 2.84. The summed E-state index contributed by atoms with van der Waals surface area (Å²) in [6, 6.07) is 7.93. The van der Waals surface area contributed by atoms with Gasteiger partial charge in [-0.25, -0.2) is 0 Å². The molecule has 16 heavy (non-hydrogen) atoms. The lowest BCUT2D eigenvalue weighted by atomic mass is 10.1. The molecule has 0 atom stereocenters. The number of hydrogen-bond donors (Lipinski definition) is 1. The molecule has 1 aliphatic heterocycles. The minimum atomic E-state index is 0.0237. The summed E-state index contributed by atoms with van der Waals surface area (Å²) < 4.78 is 5.25. The van der Waals surface area contributed by atoms with E-state index < -0.39 is 0 Å². The van der Waals surface area contributed by atoms with Crippen molar-refractivity contribution in [3.8, 4) is 0 Å². The molecule has 2 rings (SSSR count). The normalized spacial score (nSPS) is 17.1. The fourth-order valence-electron chi connectivity index (χ4n) is 1.90. The van der Waals surface area contributed by atoms with Crippen molar-refractivity contribution in [2.24, 2.45) is 0 Å². The third-order valence-corrected chi connectivity index (χ3v) is 2.84. The maximum absolute atomic E-state index is 11.9. The molecule has 0 bridgehead atoms. The molecule has 3 nitrogen and oxygen atoms in total. The molecule has 86 valence electrons. The van der Waals surface area contributed by atoms with Crippen LogP contribution in [0.15, 0.2) is 24.3 Å². The van der Waals surface area contributed by atoms with E-state index in [9.17, 15) is 4.79 Å². The highest BCUT2D eigenvalue weighted by Crippen LogP contribution is 2.09. The van der Waals surface area contributed by atoms with E-state index in [-0.39, 0.29) is 11.9 Å². The van der Waals surface area contributed by atoms with Crippen molar-refractivity contribution >= 4 is 5.91 Å². The van der Waals surface area contributed by atoms with E-state index in [0.717, 1.165) is 37.2 Å².